The molecule has 22 heteroatoms. The number of likely N-dealkylation sites (N-methyl/N-ethyl adjacent to an activating group) is 2. The number of nitrogens with one attached hydrogen (secondary N) is 4. The van der Waals surface area contributed by atoms with Crippen LogP contribution < -0.4 is 51.1 Å². The average Bonchev–Trinajstić information content (AvgIpc) is 3.48. The van der Waals surface area contributed by atoms with Gasteiger partial charge in [0.2, 0.25) is 11.9 Å². The van der Waals surface area contributed by atoms with Crippen molar-refractivity contribution in [1.29, 1.82) is 0 Å². The molecule has 80 heavy (non-hydrogen) atoms. The number of hydrogen-bond acceptors (Lipinski definition) is 18. The second-order valence-corrected chi connectivity index (χ2v) is 29.1. The quantitative estimate of drug-likeness (QED) is 0.0674. The SMILES string of the molecule is COc1cc(N2CCC(N3CCN(C)CC3)CC2)ccc1Nc1ncc(Cl)c(Nc2ccccc2P(C)(C)=O)n1.COc1cc(N2CCC(N3CCN(C)CC3)CC2)ccc1Nc1ncc(Cl)c(Nc2ccccc2P(C)(C)=O)n1. The summed E-state index contributed by atoms with van der Waals surface area (Å²) in [5.41, 5.74) is 5.25. The number of methoxy groups -OCH3 is 2. The van der Waals surface area contributed by atoms with Crippen LogP contribution in [0.25, 0.3) is 0 Å². The van der Waals surface area contributed by atoms with E-state index < -0.39 is 14.3 Å². The molecular weight excluding hydrogens is 1090 g/mol. The number of benzene rings is 4. The second kappa shape index (κ2) is 26.5. The highest BCUT2D eigenvalue weighted by Crippen LogP contribution is 2.41. The van der Waals surface area contributed by atoms with Crippen molar-refractivity contribution in [3.8, 4) is 11.5 Å². The fraction of sp³-hybridized carbons (Fsp3) is 0.448. The molecule has 10 rings (SSSR count). The minimum absolute atomic E-state index is 0.365. The second-order valence-electron chi connectivity index (χ2n) is 21.9. The van der Waals surface area contributed by atoms with Crippen LogP contribution >= 0.6 is 37.5 Å². The predicted octanol–water partition coefficient (Wildman–Crippen LogP) is 10.2. The molecule has 0 radical (unpaired) electrons. The summed E-state index contributed by atoms with van der Waals surface area (Å²) in [7, 11) is 2.75. The largest absolute Gasteiger partial charge is 0.494 e. The summed E-state index contributed by atoms with van der Waals surface area (Å²) in [5.74, 6) is 3.04. The molecule has 0 saturated carbocycles. The smallest absolute Gasteiger partial charge is 0.229 e. The summed E-state index contributed by atoms with van der Waals surface area (Å²) in [5, 5.41) is 15.3. The Morgan fingerprint density at radius 2 is 0.850 bits per heavy atom. The third-order valence-electron chi connectivity index (χ3n) is 15.6. The topological polar surface area (TPSA) is 172 Å². The Morgan fingerprint density at radius 3 is 1.20 bits per heavy atom. The molecule has 428 valence electrons. The fourth-order valence-corrected chi connectivity index (χ4v) is 13.5. The van der Waals surface area contributed by atoms with Gasteiger partial charge in [0.1, 0.15) is 35.8 Å². The number of halogens is 2. The van der Waals surface area contributed by atoms with Crippen LogP contribution in [-0.4, -0.2) is 185 Å². The molecule has 4 aromatic carbocycles. The van der Waals surface area contributed by atoms with Crippen LogP contribution in [0.2, 0.25) is 10.0 Å². The zero-order valence-corrected chi connectivity index (χ0v) is 50.8. The average molecular weight is 1170 g/mol. The molecule has 0 unspecified atom stereocenters. The first-order valence-corrected chi connectivity index (χ1v) is 33.5. The molecule has 4 aliphatic rings. The molecular formula is C58H78Cl2N14O4P2. The maximum Gasteiger partial charge on any atom is 0.229 e. The van der Waals surface area contributed by atoms with Crippen molar-refractivity contribution in [2.45, 2.75) is 37.8 Å². The van der Waals surface area contributed by atoms with Crippen molar-refractivity contribution in [2.75, 3.05) is 165 Å². The molecule has 18 nitrogen and oxygen atoms in total. The van der Waals surface area contributed by atoms with Crippen molar-refractivity contribution in [3.05, 3.63) is 107 Å². The van der Waals surface area contributed by atoms with Gasteiger partial charge in [-0.1, -0.05) is 47.5 Å². The summed E-state index contributed by atoms with van der Waals surface area (Å²) in [4.78, 5) is 33.0. The van der Waals surface area contributed by atoms with Crippen LogP contribution in [0.4, 0.5) is 57.7 Å². The van der Waals surface area contributed by atoms with Crippen molar-refractivity contribution in [2.24, 2.45) is 0 Å². The molecule has 0 atom stereocenters. The minimum atomic E-state index is -2.50. The maximum absolute atomic E-state index is 12.8. The summed E-state index contributed by atoms with van der Waals surface area (Å²) in [6.07, 6.45) is 7.80. The Labute approximate surface area is 482 Å². The molecule has 0 bridgehead atoms. The standard InChI is InChI=1S/2C29H39ClN7O2P/c2*1-35-15-17-37(18-16-35)21-11-13-36(14-12-21)22-9-10-24(26(19-22)39-2)33-29-31-20-23(30)28(34-29)32-25-7-5-6-8-27(25)40(3,4)38/h2*5-10,19-21H,11-18H2,1-4H3,(H2,31,32,33,34). The van der Waals surface area contributed by atoms with Crippen molar-refractivity contribution >= 4 is 106 Å². The number of nitrogens with zero attached hydrogens (tertiary/aromatic N) is 10. The molecule has 4 fully saturated rings. The van der Waals surface area contributed by atoms with Crippen molar-refractivity contribution in [1.82, 2.24) is 39.5 Å². The van der Waals surface area contributed by atoms with Crippen LogP contribution in [0.3, 0.4) is 0 Å². The Kier molecular flexibility index (Phi) is 19.5. The monoisotopic (exact) mass is 1170 g/mol. The minimum Gasteiger partial charge on any atom is -0.494 e. The lowest BCUT2D eigenvalue weighted by Crippen LogP contribution is -2.52. The molecule has 2 aromatic heterocycles. The third-order valence-corrected chi connectivity index (χ3v) is 19.2. The highest BCUT2D eigenvalue weighted by atomic mass is 35.5. The lowest BCUT2D eigenvalue weighted by atomic mass is 10.0. The van der Waals surface area contributed by atoms with E-state index in [1.165, 1.54) is 51.9 Å². The molecule has 6 heterocycles. The number of rotatable bonds is 16. The number of anilines is 10. The normalized spacial score (nSPS) is 17.6. The highest BCUT2D eigenvalue weighted by molar-refractivity contribution is 7.70. The van der Waals surface area contributed by atoms with E-state index in [-0.39, 0.29) is 0 Å². The van der Waals surface area contributed by atoms with E-state index in [4.69, 9.17) is 32.7 Å². The van der Waals surface area contributed by atoms with Crippen molar-refractivity contribution in [3.63, 3.8) is 0 Å². The van der Waals surface area contributed by atoms with Crippen LogP contribution in [0.15, 0.2) is 97.3 Å². The number of aromatic nitrogens is 4. The Hall–Kier alpha value is -5.68. The number of piperidine rings is 2. The first kappa shape index (κ1) is 59.0. The van der Waals surface area contributed by atoms with Gasteiger partial charge < -0.3 is 59.5 Å². The first-order valence-electron chi connectivity index (χ1n) is 27.6. The van der Waals surface area contributed by atoms with Gasteiger partial charge in [0.15, 0.2) is 11.6 Å². The van der Waals surface area contributed by atoms with E-state index in [1.54, 1.807) is 53.3 Å². The summed E-state index contributed by atoms with van der Waals surface area (Å²) < 4.78 is 37.1. The van der Waals surface area contributed by atoms with Gasteiger partial charge in [-0.25, -0.2) is 9.97 Å². The molecule has 4 saturated heterocycles. The molecule has 0 spiro atoms. The van der Waals surface area contributed by atoms with E-state index in [0.717, 1.165) is 97.2 Å². The fourth-order valence-electron chi connectivity index (χ4n) is 10.9. The van der Waals surface area contributed by atoms with Gasteiger partial charge in [-0.15, -0.1) is 0 Å². The molecule has 4 N–H and O–H groups in total. The zero-order chi connectivity index (χ0) is 56.6. The summed E-state index contributed by atoms with van der Waals surface area (Å²) in [6.45, 7) is 20.4. The van der Waals surface area contributed by atoms with Gasteiger partial charge in [0.05, 0.1) is 49.4 Å². The third kappa shape index (κ3) is 15.1. The van der Waals surface area contributed by atoms with Gasteiger partial charge in [-0.05, 0) is 115 Å². The van der Waals surface area contributed by atoms with Gasteiger partial charge in [-0.3, -0.25) is 9.80 Å². The summed E-state index contributed by atoms with van der Waals surface area (Å²) >= 11 is 12.9. The Bertz CT molecular complexity index is 2940. The number of hydrogen-bond donors (Lipinski definition) is 4. The van der Waals surface area contributed by atoms with E-state index in [2.05, 4.69) is 109 Å². The predicted molar refractivity (Wildman–Crippen MR) is 333 cm³/mol. The molecule has 0 aliphatic carbocycles. The lowest BCUT2D eigenvalue weighted by Gasteiger charge is -2.42. The van der Waals surface area contributed by atoms with Crippen LogP contribution in [-0.2, 0) is 9.13 Å². The van der Waals surface area contributed by atoms with E-state index in [9.17, 15) is 9.13 Å². The first-order chi connectivity index (χ1) is 38.4. The van der Waals surface area contributed by atoms with E-state index >= 15 is 0 Å². The van der Waals surface area contributed by atoms with Crippen LogP contribution in [0.1, 0.15) is 25.7 Å². The lowest BCUT2D eigenvalue weighted by molar-refractivity contribution is 0.0982. The van der Waals surface area contributed by atoms with Gasteiger partial charge in [-0.2, -0.15) is 9.97 Å². The van der Waals surface area contributed by atoms with Crippen LogP contribution in [0, 0.1) is 0 Å². The highest BCUT2D eigenvalue weighted by Gasteiger charge is 2.29. The summed E-state index contributed by atoms with van der Waals surface area (Å²) in [6, 6.07) is 28.7. The molecule has 6 aromatic rings. The number of ether oxygens (including phenoxy) is 2. The number of para-hydroxylation sites is 2. The van der Waals surface area contributed by atoms with Gasteiger partial charge in [0.25, 0.3) is 0 Å². The van der Waals surface area contributed by atoms with Crippen molar-refractivity contribution < 1.29 is 18.6 Å². The zero-order valence-electron chi connectivity index (χ0n) is 47.5. The van der Waals surface area contributed by atoms with Gasteiger partial charge >= 0.3 is 0 Å². The van der Waals surface area contributed by atoms with E-state index in [1.807, 2.05) is 60.7 Å². The number of piperazine rings is 2. The molecule has 0 amide bonds. The van der Waals surface area contributed by atoms with E-state index in [0.29, 0.717) is 57.0 Å². The Morgan fingerprint density at radius 1 is 0.487 bits per heavy atom. The Balaban J connectivity index is 0.000000194. The molecule has 4 aliphatic heterocycles. The maximum atomic E-state index is 12.8. The van der Waals surface area contributed by atoms with Gasteiger partial charge in [0, 0.05) is 125 Å². The van der Waals surface area contributed by atoms with Crippen LogP contribution in [0.5, 0.6) is 11.5 Å².